The van der Waals surface area contributed by atoms with Gasteiger partial charge in [0.1, 0.15) is 5.60 Å². The third-order valence-corrected chi connectivity index (χ3v) is 3.95. The lowest BCUT2D eigenvalue weighted by Crippen LogP contribution is -2.46. The van der Waals surface area contributed by atoms with Crippen LogP contribution in [-0.2, 0) is 17.7 Å². The minimum atomic E-state index is -0.532. The molecule has 1 aromatic carbocycles. The first kappa shape index (κ1) is 14.7. The molecule has 0 saturated carbocycles. The lowest BCUT2D eigenvalue weighted by molar-refractivity contribution is 0.0204. The Balaban J connectivity index is 1.89. The molecule has 1 N–H and O–H groups in total. The Bertz CT molecular complexity index is 782. The summed E-state index contributed by atoms with van der Waals surface area (Å²) in [5.41, 5.74) is 2.20. The van der Waals surface area contributed by atoms with Gasteiger partial charge in [-0.25, -0.2) is 9.59 Å². The number of aromatic amines is 1. The molecule has 0 radical (unpaired) electrons. The van der Waals surface area contributed by atoms with Crippen molar-refractivity contribution in [3.05, 3.63) is 34.2 Å². The van der Waals surface area contributed by atoms with E-state index in [1.165, 1.54) is 0 Å². The van der Waals surface area contributed by atoms with Gasteiger partial charge in [0.2, 0.25) is 0 Å². The minimum absolute atomic E-state index is 0.0959. The van der Waals surface area contributed by atoms with Crippen molar-refractivity contribution in [1.82, 2.24) is 14.5 Å². The molecule has 0 aliphatic carbocycles. The van der Waals surface area contributed by atoms with Crippen LogP contribution in [0.15, 0.2) is 23.0 Å². The number of rotatable bonds is 1. The van der Waals surface area contributed by atoms with Crippen molar-refractivity contribution >= 4 is 17.1 Å². The highest BCUT2D eigenvalue weighted by molar-refractivity contribution is 5.80. The molecule has 1 atom stereocenters. The standard InChI is InChI=1S/C16H21N3O3/c1-16(2,3)22-15(21)18(4)11-8-10-6-5-7-12-13(10)19(9-11)14(20)17-12/h5-7,11H,8-9H2,1-4H3,(H,17,20)/t11-/m0/s1. The highest BCUT2D eigenvalue weighted by atomic mass is 16.6. The third-order valence-electron chi connectivity index (χ3n) is 3.95. The van der Waals surface area contributed by atoms with E-state index in [-0.39, 0.29) is 17.8 Å². The van der Waals surface area contributed by atoms with E-state index in [4.69, 9.17) is 4.74 Å². The van der Waals surface area contributed by atoms with Gasteiger partial charge in [-0.1, -0.05) is 12.1 Å². The number of para-hydroxylation sites is 1. The first-order valence-corrected chi connectivity index (χ1v) is 7.42. The molecule has 0 fully saturated rings. The fourth-order valence-electron chi connectivity index (χ4n) is 2.91. The van der Waals surface area contributed by atoms with Crippen LogP contribution in [0.2, 0.25) is 0 Å². The van der Waals surface area contributed by atoms with Crippen molar-refractivity contribution in [3.63, 3.8) is 0 Å². The zero-order chi connectivity index (χ0) is 16.1. The van der Waals surface area contributed by atoms with Gasteiger partial charge in [0.25, 0.3) is 0 Å². The monoisotopic (exact) mass is 303 g/mol. The molecule has 1 aromatic heterocycles. The van der Waals surface area contributed by atoms with Crippen molar-refractivity contribution in [1.29, 1.82) is 0 Å². The molecule has 0 unspecified atom stereocenters. The maximum Gasteiger partial charge on any atom is 0.410 e. The zero-order valence-corrected chi connectivity index (χ0v) is 13.3. The maximum atomic E-state index is 12.2. The molecule has 0 bridgehead atoms. The average molecular weight is 303 g/mol. The molecule has 6 heteroatoms. The number of carbonyl (C=O) groups is 1. The maximum absolute atomic E-state index is 12.2. The Morgan fingerprint density at radius 3 is 2.82 bits per heavy atom. The molecular formula is C16H21N3O3. The highest BCUT2D eigenvalue weighted by Gasteiger charge is 2.30. The van der Waals surface area contributed by atoms with Crippen molar-refractivity contribution in [2.45, 2.75) is 45.4 Å². The summed E-state index contributed by atoms with van der Waals surface area (Å²) in [6.45, 7) is 6.00. The van der Waals surface area contributed by atoms with Crippen molar-refractivity contribution < 1.29 is 9.53 Å². The van der Waals surface area contributed by atoms with E-state index >= 15 is 0 Å². The third kappa shape index (κ3) is 2.49. The number of aromatic nitrogens is 2. The van der Waals surface area contributed by atoms with Gasteiger partial charge in [-0.3, -0.25) is 4.57 Å². The highest BCUT2D eigenvalue weighted by Crippen LogP contribution is 2.25. The van der Waals surface area contributed by atoms with Crippen LogP contribution in [0.1, 0.15) is 26.3 Å². The van der Waals surface area contributed by atoms with Gasteiger partial charge < -0.3 is 14.6 Å². The lowest BCUT2D eigenvalue weighted by Gasteiger charge is -2.33. The van der Waals surface area contributed by atoms with Crippen molar-refractivity contribution in [2.75, 3.05) is 7.05 Å². The Labute approximate surface area is 128 Å². The number of nitrogens with one attached hydrogen (secondary N) is 1. The number of imidazole rings is 1. The summed E-state index contributed by atoms with van der Waals surface area (Å²) < 4.78 is 7.13. The number of ether oxygens (including phenoxy) is 1. The quantitative estimate of drug-likeness (QED) is 0.877. The van der Waals surface area contributed by atoms with E-state index in [0.717, 1.165) is 16.6 Å². The van der Waals surface area contributed by atoms with Crippen LogP contribution >= 0.6 is 0 Å². The lowest BCUT2D eigenvalue weighted by atomic mass is 10.00. The molecule has 1 amide bonds. The van der Waals surface area contributed by atoms with E-state index < -0.39 is 5.60 Å². The number of hydrogen-bond donors (Lipinski definition) is 1. The first-order valence-electron chi connectivity index (χ1n) is 7.42. The van der Waals surface area contributed by atoms with Crippen LogP contribution in [0.3, 0.4) is 0 Å². The van der Waals surface area contributed by atoms with Crippen LogP contribution in [-0.4, -0.2) is 39.2 Å². The predicted octanol–water partition coefficient (Wildman–Crippen LogP) is 2.12. The summed E-state index contributed by atoms with van der Waals surface area (Å²) in [5.74, 6) is 0. The molecule has 2 heterocycles. The second kappa shape index (κ2) is 4.90. The molecule has 1 aliphatic rings. The minimum Gasteiger partial charge on any atom is -0.444 e. The summed E-state index contributed by atoms with van der Waals surface area (Å²) in [4.78, 5) is 28.8. The topological polar surface area (TPSA) is 67.3 Å². The Kier molecular flexibility index (Phi) is 3.27. The molecule has 118 valence electrons. The van der Waals surface area contributed by atoms with E-state index in [0.29, 0.717) is 13.0 Å². The van der Waals surface area contributed by atoms with Crippen LogP contribution in [0.4, 0.5) is 4.79 Å². The SMILES string of the molecule is CN(C(=O)OC(C)(C)C)[C@H]1Cc2cccc3[nH]c(=O)n(c23)C1. The van der Waals surface area contributed by atoms with Gasteiger partial charge in [-0.15, -0.1) is 0 Å². The molecule has 6 nitrogen and oxygen atoms in total. The smallest absolute Gasteiger partial charge is 0.410 e. The van der Waals surface area contributed by atoms with E-state index in [9.17, 15) is 9.59 Å². The molecule has 0 saturated heterocycles. The number of amides is 1. The molecule has 1 aliphatic heterocycles. The molecular weight excluding hydrogens is 282 g/mol. The number of nitrogens with zero attached hydrogens (tertiary/aromatic N) is 2. The molecule has 0 spiro atoms. The Hall–Kier alpha value is -2.24. The fourth-order valence-corrected chi connectivity index (χ4v) is 2.91. The number of benzene rings is 1. The normalized spacial score (nSPS) is 17.5. The molecule has 2 aromatic rings. The van der Waals surface area contributed by atoms with Crippen LogP contribution in [0.25, 0.3) is 11.0 Å². The second-order valence-electron chi connectivity index (χ2n) is 6.80. The van der Waals surface area contributed by atoms with Gasteiger partial charge in [-0.05, 0) is 38.8 Å². The predicted molar refractivity (Wildman–Crippen MR) is 84.0 cm³/mol. The van der Waals surface area contributed by atoms with Crippen LogP contribution < -0.4 is 5.69 Å². The largest absolute Gasteiger partial charge is 0.444 e. The van der Waals surface area contributed by atoms with E-state index in [2.05, 4.69) is 4.98 Å². The van der Waals surface area contributed by atoms with Crippen molar-refractivity contribution in [2.24, 2.45) is 0 Å². The van der Waals surface area contributed by atoms with Crippen LogP contribution in [0, 0.1) is 0 Å². The Morgan fingerprint density at radius 2 is 2.14 bits per heavy atom. The molecule has 3 rings (SSSR count). The number of hydrogen-bond acceptors (Lipinski definition) is 3. The number of H-pyrrole nitrogens is 1. The summed E-state index contributed by atoms with van der Waals surface area (Å²) in [5, 5.41) is 0. The van der Waals surface area contributed by atoms with Gasteiger partial charge in [0, 0.05) is 13.6 Å². The Morgan fingerprint density at radius 1 is 1.41 bits per heavy atom. The fraction of sp³-hybridized carbons (Fsp3) is 0.500. The van der Waals surface area contributed by atoms with E-state index in [1.54, 1.807) is 16.5 Å². The van der Waals surface area contributed by atoms with Gasteiger partial charge in [0.05, 0.1) is 17.1 Å². The summed E-state index contributed by atoms with van der Waals surface area (Å²) >= 11 is 0. The van der Waals surface area contributed by atoms with Crippen LogP contribution in [0.5, 0.6) is 0 Å². The average Bonchev–Trinajstić information content (AvgIpc) is 2.74. The van der Waals surface area contributed by atoms with Gasteiger partial charge in [-0.2, -0.15) is 0 Å². The summed E-state index contributed by atoms with van der Waals surface area (Å²) in [6, 6.07) is 5.73. The zero-order valence-electron chi connectivity index (χ0n) is 13.3. The molecule has 22 heavy (non-hydrogen) atoms. The van der Waals surface area contributed by atoms with Gasteiger partial charge >= 0.3 is 11.8 Å². The number of carbonyl (C=O) groups excluding carboxylic acids is 1. The summed E-state index contributed by atoms with van der Waals surface area (Å²) in [7, 11) is 1.72. The number of likely N-dealkylation sites (N-methyl/N-ethyl adjacent to an activating group) is 1. The first-order chi connectivity index (χ1) is 10.3. The second-order valence-corrected chi connectivity index (χ2v) is 6.80. The van der Waals surface area contributed by atoms with Gasteiger partial charge in [0.15, 0.2) is 0 Å². The van der Waals surface area contributed by atoms with Crippen molar-refractivity contribution in [3.8, 4) is 0 Å². The summed E-state index contributed by atoms with van der Waals surface area (Å²) in [6.07, 6.45) is 0.349. The van der Waals surface area contributed by atoms with E-state index in [1.807, 2.05) is 39.0 Å².